The number of thioether (sulfide) groups is 1. The molecule has 0 unspecified atom stereocenters. The number of nitrogen functional groups attached to an aromatic ring is 1. The highest BCUT2D eigenvalue weighted by atomic mass is 32.2. The molecular formula is C15H15NO3S. The van der Waals surface area contributed by atoms with Crippen LogP contribution in [-0.4, -0.2) is 19.5 Å². The topological polar surface area (TPSA) is 53.7 Å². The van der Waals surface area contributed by atoms with E-state index in [1.165, 1.54) is 4.90 Å². The number of anilines is 1. The minimum Gasteiger partial charge on any atom is -0.486 e. The van der Waals surface area contributed by atoms with Crippen LogP contribution < -0.4 is 19.9 Å². The molecule has 0 radical (unpaired) electrons. The fourth-order valence-electron chi connectivity index (χ4n) is 1.94. The Labute approximate surface area is 121 Å². The van der Waals surface area contributed by atoms with Crippen LogP contribution in [0.2, 0.25) is 0 Å². The maximum absolute atomic E-state index is 5.98. The SMILES string of the molecule is CSc1ccc(Oc2cc3c(cc2N)OCCO3)cc1. The molecule has 4 nitrogen and oxygen atoms in total. The normalized spacial score (nSPS) is 13.1. The Balaban J connectivity index is 1.86. The standard InChI is InChI=1S/C15H15NO3S/c1-20-11-4-2-10(3-5-11)19-13-9-15-14(8-12(13)16)17-6-7-18-15/h2-5,8-9H,6-7,16H2,1H3. The lowest BCUT2D eigenvalue weighted by atomic mass is 10.2. The molecule has 5 heteroatoms. The Morgan fingerprint density at radius 3 is 2.35 bits per heavy atom. The molecule has 20 heavy (non-hydrogen) atoms. The molecule has 0 saturated carbocycles. The Kier molecular flexibility index (Phi) is 3.60. The minimum absolute atomic E-state index is 0.531. The van der Waals surface area contributed by atoms with E-state index in [4.69, 9.17) is 19.9 Å². The summed E-state index contributed by atoms with van der Waals surface area (Å²) in [5, 5.41) is 0. The van der Waals surface area contributed by atoms with Crippen molar-refractivity contribution in [3.63, 3.8) is 0 Å². The van der Waals surface area contributed by atoms with Crippen molar-refractivity contribution in [3.05, 3.63) is 36.4 Å². The molecule has 1 aliphatic heterocycles. The average molecular weight is 289 g/mol. The molecule has 0 saturated heterocycles. The number of nitrogens with two attached hydrogens (primary N) is 1. The summed E-state index contributed by atoms with van der Waals surface area (Å²) in [7, 11) is 0. The first kappa shape index (κ1) is 13.0. The zero-order valence-electron chi connectivity index (χ0n) is 11.1. The molecule has 0 bridgehead atoms. The van der Waals surface area contributed by atoms with E-state index in [0.717, 1.165) is 5.75 Å². The van der Waals surface area contributed by atoms with Gasteiger partial charge in [0.1, 0.15) is 19.0 Å². The quantitative estimate of drug-likeness (QED) is 0.691. The predicted octanol–water partition coefficient (Wildman–Crippen LogP) is 3.55. The Morgan fingerprint density at radius 1 is 1.05 bits per heavy atom. The third kappa shape index (κ3) is 2.63. The van der Waals surface area contributed by atoms with E-state index in [2.05, 4.69) is 0 Å². The van der Waals surface area contributed by atoms with Crippen LogP contribution in [0.3, 0.4) is 0 Å². The van der Waals surface area contributed by atoms with Gasteiger partial charge >= 0.3 is 0 Å². The van der Waals surface area contributed by atoms with Crippen LogP contribution in [0.5, 0.6) is 23.0 Å². The van der Waals surface area contributed by atoms with Crippen molar-refractivity contribution in [3.8, 4) is 23.0 Å². The lowest BCUT2D eigenvalue weighted by Gasteiger charge is -2.20. The molecule has 0 aliphatic carbocycles. The van der Waals surface area contributed by atoms with Gasteiger partial charge in [-0.3, -0.25) is 0 Å². The monoisotopic (exact) mass is 289 g/mol. The Hall–Kier alpha value is -2.01. The highest BCUT2D eigenvalue weighted by Crippen LogP contribution is 2.40. The maximum Gasteiger partial charge on any atom is 0.165 e. The minimum atomic E-state index is 0.531. The van der Waals surface area contributed by atoms with E-state index in [1.54, 1.807) is 23.9 Å². The van der Waals surface area contributed by atoms with Crippen molar-refractivity contribution in [2.24, 2.45) is 0 Å². The van der Waals surface area contributed by atoms with Crippen LogP contribution in [0.25, 0.3) is 0 Å². The first-order chi connectivity index (χ1) is 9.76. The van der Waals surface area contributed by atoms with Crippen molar-refractivity contribution in [2.75, 3.05) is 25.2 Å². The number of hydrogen-bond acceptors (Lipinski definition) is 5. The maximum atomic E-state index is 5.98. The van der Waals surface area contributed by atoms with Crippen LogP contribution in [0, 0.1) is 0 Å². The molecule has 1 heterocycles. The van der Waals surface area contributed by atoms with Crippen LogP contribution in [0.15, 0.2) is 41.3 Å². The molecule has 0 spiro atoms. The lowest BCUT2D eigenvalue weighted by Crippen LogP contribution is -2.15. The summed E-state index contributed by atoms with van der Waals surface area (Å²) < 4.78 is 16.8. The second-order valence-corrected chi connectivity index (χ2v) is 5.19. The van der Waals surface area contributed by atoms with E-state index in [1.807, 2.05) is 30.5 Å². The zero-order chi connectivity index (χ0) is 13.9. The second-order valence-electron chi connectivity index (χ2n) is 4.31. The van der Waals surface area contributed by atoms with Crippen molar-refractivity contribution in [1.82, 2.24) is 0 Å². The van der Waals surface area contributed by atoms with Gasteiger partial charge in [0.25, 0.3) is 0 Å². The first-order valence-corrected chi connectivity index (χ1v) is 7.50. The molecule has 0 atom stereocenters. The fourth-order valence-corrected chi connectivity index (χ4v) is 2.35. The Bertz CT molecular complexity index is 613. The van der Waals surface area contributed by atoms with Crippen molar-refractivity contribution in [1.29, 1.82) is 0 Å². The van der Waals surface area contributed by atoms with Crippen molar-refractivity contribution < 1.29 is 14.2 Å². The molecule has 3 rings (SSSR count). The molecular weight excluding hydrogens is 274 g/mol. The molecule has 0 aromatic heterocycles. The summed E-state index contributed by atoms with van der Waals surface area (Å²) in [6, 6.07) is 11.4. The number of fused-ring (bicyclic) bond motifs is 1. The van der Waals surface area contributed by atoms with E-state index in [9.17, 15) is 0 Å². The third-order valence-electron chi connectivity index (χ3n) is 2.96. The van der Waals surface area contributed by atoms with Crippen LogP contribution in [0.1, 0.15) is 0 Å². The van der Waals surface area contributed by atoms with E-state index in [-0.39, 0.29) is 0 Å². The first-order valence-electron chi connectivity index (χ1n) is 6.27. The summed E-state index contributed by atoms with van der Waals surface area (Å²) in [6.07, 6.45) is 2.04. The fraction of sp³-hybridized carbons (Fsp3) is 0.200. The van der Waals surface area contributed by atoms with Gasteiger partial charge in [-0.2, -0.15) is 0 Å². The van der Waals surface area contributed by atoms with Crippen LogP contribution in [-0.2, 0) is 0 Å². The van der Waals surface area contributed by atoms with Gasteiger partial charge in [-0.15, -0.1) is 11.8 Å². The molecule has 2 N–H and O–H groups in total. The van der Waals surface area contributed by atoms with Gasteiger partial charge in [0.15, 0.2) is 17.2 Å². The largest absolute Gasteiger partial charge is 0.486 e. The van der Waals surface area contributed by atoms with Gasteiger partial charge in [0, 0.05) is 17.0 Å². The van der Waals surface area contributed by atoms with Crippen LogP contribution >= 0.6 is 11.8 Å². The summed E-state index contributed by atoms with van der Waals surface area (Å²) in [5.41, 5.74) is 6.51. The third-order valence-corrected chi connectivity index (χ3v) is 3.71. The molecule has 0 amide bonds. The number of ether oxygens (including phenoxy) is 3. The molecule has 2 aromatic carbocycles. The zero-order valence-corrected chi connectivity index (χ0v) is 11.9. The van der Waals surface area contributed by atoms with Crippen molar-refractivity contribution >= 4 is 17.4 Å². The second kappa shape index (κ2) is 5.54. The van der Waals surface area contributed by atoms with Crippen LogP contribution in [0.4, 0.5) is 5.69 Å². The number of rotatable bonds is 3. The van der Waals surface area contributed by atoms with Gasteiger partial charge in [0.05, 0.1) is 5.69 Å². The highest BCUT2D eigenvalue weighted by Gasteiger charge is 2.15. The number of hydrogen-bond donors (Lipinski definition) is 1. The van der Waals surface area contributed by atoms with E-state index in [0.29, 0.717) is 36.1 Å². The lowest BCUT2D eigenvalue weighted by molar-refractivity contribution is 0.171. The highest BCUT2D eigenvalue weighted by molar-refractivity contribution is 7.98. The molecule has 0 fully saturated rings. The average Bonchev–Trinajstić information content (AvgIpc) is 2.49. The smallest absolute Gasteiger partial charge is 0.165 e. The summed E-state index contributed by atoms with van der Waals surface area (Å²) in [6.45, 7) is 1.08. The summed E-state index contributed by atoms with van der Waals surface area (Å²) in [5.74, 6) is 2.65. The molecule has 104 valence electrons. The Morgan fingerprint density at radius 2 is 1.70 bits per heavy atom. The van der Waals surface area contributed by atoms with Gasteiger partial charge in [-0.1, -0.05) is 0 Å². The summed E-state index contributed by atoms with van der Waals surface area (Å²) in [4.78, 5) is 1.19. The van der Waals surface area contributed by atoms with Gasteiger partial charge < -0.3 is 19.9 Å². The van der Waals surface area contributed by atoms with Crippen molar-refractivity contribution in [2.45, 2.75) is 4.90 Å². The predicted molar refractivity (Wildman–Crippen MR) is 80.1 cm³/mol. The molecule has 1 aliphatic rings. The van der Waals surface area contributed by atoms with E-state index < -0.39 is 0 Å². The van der Waals surface area contributed by atoms with Gasteiger partial charge in [-0.25, -0.2) is 0 Å². The summed E-state index contributed by atoms with van der Waals surface area (Å²) >= 11 is 1.69. The van der Waals surface area contributed by atoms with Gasteiger partial charge in [-0.05, 0) is 30.5 Å². The number of benzene rings is 2. The molecule has 2 aromatic rings. The van der Waals surface area contributed by atoms with E-state index >= 15 is 0 Å². The van der Waals surface area contributed by atoms with Gasteiger partial charge in [0.2, 0.25) is 0 Å².